The molecule has 1 aliphatic carbocycles. The van der Waals surface area contributed by atoms with E-state index >= 15 is 0 Å². The predicted molar refractivity (Wildman–Crippen MR) is 110 cm³/mol. The minimum absolute atomic E-state index is 0.387. The highest BCUT2D eigenvalue weighted by atomic mass is 19.1. The SMILES string of the molecule is N#Cc1ccc2ncnc(NC3CCCCC3)c2c1.O=C(CF)N1CCNCC1. The van der Waals surface area contributed by atoms with Crippen LogP contribution >= 0.6 is 0 Å². The summed E-state index contributed by atoms with van der Waals surface area (Å²) in [4.78, 5) is 20.8. The Kier molecular flexibility index (Phi) is 7.70. The zero-order valence-corrected chi connectivity index (χ0v) is 16.5. The summed E-state index contributed by atoms with van der Waals surface area (Å²) in [5.41, 5.74) is 1.53. The Labute approximate surface area is 170 Å². The standard InChI is InChI=1S/C15H16N4.C6H11FN2O/c16-9-11-6-7-14-13(8-11)15(18-10-17-14)19-12-4-2-1-3-5-12;7-5-6(10)9-3-1-8-2-4-9/h6-8,10,12H,1-5H2,(H,17,18,19);8H,1-5H2. The number of hydrogen-bond donors (Lipinski definition) is 2. The molecular weight excluding hydrogens is 371 g/mol. The van der Waals surface area contributed by atoms with Gasteiger partial charge in [0.2, 0.25) is 0 Å². The number of anilines is 1. The number of rotatable bonds is 3. The molecule has 1 saturated carbocycles. The summed E-state index contributed by atoms with van der Waals surface area (Å²) in [5, 5.41) is 16.5. The average Bonchev–Trinajstić information content (AvgIpc) is 2.80. The topological polar surface area (TPSA) is 93.9 Å². The Morgan fingerprint density at radius 1 is 1.24 bits per heavy atom. The minimum atomic E-state index is -0.861. The van der Waals surface area contributed by atoms with Gasteiger partial charge in [-0.2, -0.15) is 5.26 Å². The van der Waals surface area contributed by atoms with Crippen molar-refractivity contribution in [2.75, 3.05) is 38.2 Å². The van der Waals surface area contributed by atoms with Crippen molar-refractivity contribution in [3.05, 3.63) is 30.1 Å². The van der Waals surface area contributed by atoms with Crippen molar-refractivity contribution in [3.8, 4) is 6.07 Å². The highest BCUT2D eigenvalue weighted by molar-refractivity contribution is 5.89. The molecular formula is C21H27FN6O. The van der Waals surface area contributed by atoms with Crippen LogP contribution in [0.5, 0.6) is 0 Å². The molecule has 0 spiro atoms. The van der Waals surface area contributed by atoms with Crippen LogP contribution in [-0.2, 0) is 4.79 Å². The van der Waals surface area contributed by atoms with Crippen LogP contribution < -0.4 is 10.6 Å². The maximum Gasteiger partial charge on any atom is 0.254 e. The maximum atomic E-state index is 11.8. The molecule has 8 heteroatoms. The van der Waals surface area contributed by atoms with E-state index in [1.165, 1.54) is 37.0 Å². The van der Waals surface area contributed by atoms with E-state index in [0.29, 0.717) is 24.7 Å². The number of benzene rings is 1. The Balaban J connectivity index is 0.000000204. The number of carbonyl (C=O) groups excluding carboxylic acids is 1. The second kappa shape index (κ2) is 10.7. The summed E-state index contributed by atoms with van der Waals surface area (Å²) in [7, 11) is 0. The van der Waals surface area contributed by atoms with Crippen molar-refractivity contribution < 1.29 is 9.18 Å². The van der Waals surface area contributed by atoms with Gasteiger partial charge in [-0.05, 0) is 31.0 Å². The lowest BCUT2D eigenvalue weighted by molar-refractivity contribution is -0.132. The molecule has 7 nitrogen and oxygen atoms in total. The van der Waals surface area contributed by atoms with Gasteiger partial charge in [-0.15, -0.1) is 0 Å². The van der Waals surface area contributed by atoms with Crippen LogP contribution in [0.1, 0.15) is 37.7 Å². The first-order valence-electron chi connectivity index (χ1n) is 10.2. The van der Waals surface area contributed by atoms with Gasteiger partial charge < -0.3 is 15.5 Å². The van der Waals surface area contributed by atoms with Gasteiger partial charge in [-0.1, -0.05) is 19.3 Å². The van der Waals surface area contributed by atoms with Crippen molar-refractivity contribution in [2.24, 2.45) is 0 Å². The number of amides is 1. The van der Waals surface area contributed by atoms with Crippen LogP contribution in [0.15, 0.2) is 24.5 Å². The fraction of sp³-hybridized carbons (Fsp3) is 0.524. The summed E-state index contributed by atoms with van der Waals surface area (Å²) in [5.74, 6) is 0.468. The summed E-state index contributed by atoms with van der Waals surface area (Å²) in [6.07, 6.45) is 7.88. The highest BCUT2D eigenvalue weighted by Gasteiger charge is 2.15. The van der Waals surface area contributed by atoms with E-state index in [9.17, 15) is 9.18 Å². The third-order valence-corrected chi connectivity index (χ3v) is 5.29. The van der Waals surface area contributed by atoms with E-state index in [2.05, 4.69) is 26.7 Å². The molecule has 0 radical (unpaired) electrons. The Hall–Kier alpha value is -2.79. The number of hydrogen-bond acceptors (Lipinski definition) is 6. The molecule has 1 saturated heterocycles. The molecule has 1 amide bonds. The van der Waals surface area contributed by atoms with Crippen LogP contribution in [0.3, 0.4) is 0 Å². The normalized spacial score (nSPS) is 17.2. The van der Waals surface area contributed by atoms with Crippen LogP contribution in [-0.4, -0.2) is 59.7 Å². The average molecular weight is 398 g/mol. The van der Waals surface area contributed by atoms with Gasteiger partial charge in [0.05, 0.1) is 17.1 Å². The molecule has 1 aromatic heterocycles. The van der Waals surface area contributed by atoms with Gasteiger partial charge in [-0.3, -0.25) is 4.79 Å². The summed E-state index contributed by atoms with van der Waals surface area (Å²) in [6, 6.07) is 8.19. The number of nitriles is 1. The highest BCUT2D eigenvalue weighted by Crippen LogP contribution is 2.25. The van der Waals surface area contributed by atoms with E-state index in [0.717, 1.165) is 29.8 Å². The third-order valence-electron chi connectivity index (χ3n) is 5.29. The second-order valence-electron chi connectivity index (χ2n) is 7.31. The number of halogens is 1. The summed E-state index contributed by atoms with van der Waals surface area (Å²) < 4.78 is 11.8. The first kappa shape index (κ1) is 20.9. The number of fused-ring (bicyclic) bond motifs is 1. The molecule has 0 unspecified atom stereocenters. The van der Waals surface area contributed by atoms with Gasteiger partial charge in [0, 0.05) is 37.6 Å². The van der Waals surface area contributed by atoms with Crippen LogP contribution in [0.4, 0.5) is 10.2 Å². The first-order chi connectivity index (χ1) is 14.2. The molecule has 4 rings (SSSR count). The number of nitrogens with one attached hydrogen (secondary N) is 2. The van der Waals surface area contributed by atoms with Crippen LogP contribution in [0, 0.1) is 11.3 Å². The second-order valence-corrected chi connectivity index (χ2v) is 7.31. The summed E-state index contributed by atoms with van der Waals surface area (Å²) >= 11 is 0. The van der Waals surface area contributed by atoms with Gasteiger partial charge in [0.1, 0.15) is 12.1 Å². The smallest absolute Gasteiger partial charge is 0.254 e. The Morgan fingerprint density at radius 3 is 2.69 bits per heavy atom. The van der Waals surface area contributed by atoms with E-state index in [-0.39, 0.29) is 5.91 Å². The predicted octanol–water partition coefficient (Wildman–Crippen LogP) is 2.63. The third kappa shape index (κ3) is 5.84. The molecule has 154 valence electrons. The lowest BCUT2D eigenvalue weighted by atomic mass is 9.95. The molecule has 2 aromatic rings. The maximum absolute atomic E-state index is 11.8. The van der Waals surface area contributed by atoms with Gasteiger partial charge in [0.15, 0.2) is 6.67 Å². The van der Waals surface area contributed by atoms with E-state index in [4.69, 9.17) is 5.26 Å². The molecule has 0 bridgehead atoms. The van der Waals surface area contributed by atoms with Gasteiger partial charge in [0.25, 0.3) is 5.91 Å². The van der Waals surface area contributed by atoms with Gasteiger partial charge >= 0.3 is 0 Å². The molecule has 1 aliphatic heterocycles. The quantitative estimate of drug-likeness (QED) is 0.826. The number of alkyl halides is 1. The van der Waals surface area contributed by atoms with Crippen molar-refractivity contribution >= 4 is 22.6 Å². The van der Waals surface area contributed by atoms with E-state index < -0.39 is 6.67 Å². The Morgan fingerprint density at radius 2 is 2.00 bits per heavy atom. The summed E-state index contributed by atoms with van der Waals surface area (Å²) in [6.45, 7) is 1.99. The zero-order valence-electron chi connectivity index (χ0n) is 16.5. The first-order valence-corrected chi connectivity index (χ1v) is 10.2. The largest absolute Gasteiger partial charge is 0.367 e. The fourth-order valence-corrected chi connectivity index (χ4v) is 3.68. The molecule has 2 aliphatic rings. The number of piperazine rings is 1. The zero-order chi connectivity index (χ0) is 20.5. The molecule has 0 atom stereocenters. The minimum Gasteiger partial charge on any atom is -0.367 e. The monoisotopic (exact) mass is 398 g/mol. The van der Waals surface area contributed by atoms with Crippen LogP contribution in [0.2, 0.25) is 0 Å². The number of carbonyl (C=O) groups is 1. The van der Waals surface area contributed by atoms with Crippen LogP contribution in [0.25, 0.3) is 10.9 Å². The van der Waals surface area contributed by atoms with Gasteiger partial charge in [-0.25, -0.2) is 14.4 Å². The number of aromatic nitrogens is 2. The van der Waals surface area contributed by atoms with Crippen molar-refractivity contribution in [1.82, 2.24) is 20.2 Å². The van der Waals surface area contributed by atoms with Crippen molar-refractivity contribution in [2.45, 2.75) is 38.1 Å². The lowest BCUT2D eigenvalue weighted by Crippen LogP contribution is -2.46. The van der Waals surface area contributed by atoms with E-state index in [1.54, 1.807) is 12.4 Å². The fourth-order valence-electron chi connectivity index (χ4n) is 3.68. The van der Waals surface area contributed by atoms with Crippen molar-refractivity contribution in [3.63, 3.8) is 0 Å². The van der Waals surface area contributed by atoms with E-state index in [1.807, 2.05) is 12.1 Å². The molecule has 2 heterocycles. The molecule has 29 heavy (non-hydrogen) atoms. The molecule has 2 N–H and O–H groups in total. The molecule has 1 aromatic carbocycles. The van der Waals surface area contributed by atoms with Crippen molar-refractivity contribution in [1.29, 1.82) is 5.26 Å². The molecule has 2 fully saturated rings. The lowest BCUT2D eigenvalue weighted by Gasteiger charge is -2.26. The Bertz CT molecular complexity index is 856. The number of nitrogens with zero attached hydrogens (tertiary/aromatic N) is 4.